The van der Waals surface area contributed by atoms with Gasteiger partial charge in [-0.05, 0) is 54.1 Å². The van der Waals surface area contributed by atoms with Gasteiger partial charge in [-0.2, -0.15) is 0 Å². The summed E-state index contributed by atoms with van der Waals surface area (Å²) in [5, 5.41) is 3.24. The molecular weight excluding hydrogens is 693 g/mol. The molecule has 0 N–H and O–H groups in total. The standard InChI is InChI=1S/C48H28N6O2/c1-3-12-30(13-4-1)44-50-45(31-24-22-29(23-25-31)34-18-11-19-36-35-16-7-9-20-40(35)55-43(34)36)52-46(51-44)32-26-27-39-38(28-32)49-48-53(33-14-5-2-6-15-33)47-42(54(39)48)37-17-8-10-21-41(37)56-47/h1-28H. The number of nitrogens with zero attached hydrogens (tertiary/aromatic N) is 6. The summed E-state index contributed by atoms with van der Waals surface area (Å²) in [6, 6.07) is 57.4. The molecule has 5 heterocycles. The highest BCUT2D eigenvalue weighted by molar-refractivity contribution is 6.10. The molecule has 5 aromatic heterocycles. The van der Waals surface area contributed by atoms with Gasteiger partial charge in [0, 0.05) is 38.4 Å². The minimum absolute atomic E-state index is 0.564. The minimum Gasteiger partial charge on any atom is -0.455 e. The second-order valence-electron chi connectivity index (χ2n) is 13.9. The highest BCUT2D eigenvalue weighted by atomic mass is 16.3. The van der Waals surface area contributed by atoms with Gasteiger partial charge in [0.25, 0.3) is 0 Å². The fourth-order valence-corrected chi connectivity index (χ4v) is 7.99. The molecule has 8 heteroatoms. The average molecular weight is 721 g/mol. The molecule has 0 saturated carbocycles. The fourth-order valence-electron chi connectivity index (χ4n) is 7.99. The minimum atomic E-state index is 0.564. The van der Waals surface area contributed by atoms with E-state index in [0.29, 0.717) is 17.5 Å². The topological polar surface area (TPSA) is 87.2 Å². The van der Waals surface area contributed by atoms with Crippen molar-refractivity contribution in [1.29, 1.82) is 0 Å². The molecule has 0 saturated heterocycles. The Kier molecular flexibility index (Phi) is 6.47. The molecule has 0 aliphatic carbocycles. The molecule has 8 nitrogen and oxygen atoms in total. The SMILES string of the molecule is c1ccc(-c2nc(-c3ccc(-c4cccc5c4oc4ccccc45)cc3)nc(-c3ccc4c(c3)nc3n(-c5ccccc5)c5oc6ccccc6c5n43)n2)cc1. The summed E-state index contributed by atoms with van der Waals surface area (Å²) in [5.41, 5.74) is 11.8. The number of fused-ring (bicyclic) bond motifs is 10. The fraction of sp³-hybridized carbons (Fsp3) is 0. The zero-order chi connectivity index (χ0) is 36.7. The highest BCUT2D eigenvalue weighted by Crippen LogP contribution is 2.38. The first-order valence-corrected chi connectivity index (χ1v) is 18.5. The number of rotatable bonds is 5. The zero-order valence-corrected chi connectivity index (χ0v) is 29.7. The van der Waals surface area contributed by atoms with Crippen LogP contribution in [0.3, 0.4) is 0 Å². The number of para-hydroxylation sites is 4. The van der Waals surface area contributed by atoms with Crippen molar-refractivity contribution in [2.75, 3.05) is 0 Å². The van der Waals surface area contributed by atoms with Crippen LogP contribution in [0.2, 0.25) is 0 Å². The first kappa shape index (κ1) is 30.6. The van der Waals surface area contributed by atoms with Gasteiger partial charge in [0.05, 0.1) is 16.7 Å². The normalized spacial score (nSPS) is 11.9. The molecule has 12 rings (SSSR count). The van der Waals surface area contributed by atoms with Crippen LogP contribution in [-0.4, -0.2) is 28.9 Å². The number of hydrogen-bond donors (Lipinski definition) is 0. The van der Waals surface area contributed by atoms with E-state index in [2.05, 4.69) is 93.9 Å². The third-order valence-electron chi connectivity index (χ3n) is 10.6. The van der Waals surface area contributed by atoms with E-state index in [4.69, 9.17) is 28.8 Å². The average Bonchev–Trinajstić information content (AvgIpc) is 4.01. The van der Waals surface area contributed by atoms with Gasteiger partial charge in [-0.15, -0.1) is 0 Å². The molecule has 0 amide bonds. The van der Waals surface area contributed by atoms with E-state index in [9.17, 15) is 0 Å². The van der Waals surface area contributed by atoms with Gasteiger partial charge in [-0.25, -0.2) is 24.5 Å². The predicted octanol–water partition coefficient (Wildman–Crippen LogP) is 11.9. The van der Waals surface area contributed by atoms with Crippen LogP contribution >= 0.6 is 0 Å². The first-order chi connectivity index (χ1) is 27.7. The number of furan rings is 2. The van der Waals surface area contributed by atoms with Crippen molar-refractivity contribution >= 4 is 60.9 Å². The Labute approximate surface area is 318 Å². The summed E-state index contributed by atoms with van der Waals surface area (Å²) < 4.78 is 17.1. The lowest BCUT2D eigenvalue weighted by atomic mass is 10.0. The maximum Gasteiger partial charge on any atom is 0.232 e. The molecule has 0 fully saturated rings. The van der Waals surface area contributed by atoms with Crippen LogP contribution in [0.5, 0.6) is 0 Å². The van der Waals surface area contributed by atoms with Gasteiger partial charge in [-0.1, -0.05) is 121 Å². The van der Waals surface area contributed by atoms with Crippen LogP contribution in [0, 0.1) is 0 Å². The highest BCUT2D eigenvalue weighted by Gasteiger charge is 2.23. The van der Waals surface area contributed by atoms with Gasteiger partial charge < -0.3 is 8.83 Å². The summed E-state index contributed by atoms with van der Waals surface area (Å²) in [5.74, 6) is 2.51. The van der Waals surface area contributed by atoms with Gasteiger partial charge in [0.1, 0.15) is 22.3 Å². The lowest BCUT2D eigenvalue weighted by Gasteiger charge is -2.09. The smallest absolute Gasteiger partial charge is 0.232 e. The Bertz CT molecular complexity index is 3470. The summed E-state index contributed by atoms with van der Waals surface area (Å²) in [6.45, 7) is 0. The molecule has 56 heavy (non-hydrogen) atoms. The molecule has 0 aliphatic heterocycles. The second kappa shape index (κ2) is 11.8. The number of hydrogen-bond acceptors (Lipinski definition) is 6. The quantitative estimate of drug-likeness (QED) is 0.176. The van der Waals surface area contributed by atoms with E-state index in [0.717, 1.165) is 94.5 Å². The second-order valence-corrected chi connectivity index (χ2v) is 13.9. The van der Waals surface area contributed by atoms with Gasteiger partial charge in [0.2, 0.25) is 11.5 Å². The van der Waals surface area contributed by atoms with Gasteiger partial charge >= 0.3 is 0 Å². The molecule has 0 spiro atoms. The summed E-state index contributed by atoms with van der Waals surface area (Å²) >= 11 is 0. The Balaban J connectivity index is 1.01. The van der Waals surface area contributed by atoms with E-state index in [1.54, 1.807) is 0 Å². The molecule has 0 radical (unpaired) electrons. The van der Waals surface area contributed by atoms with Crippen molar-refractivity contribution in [3.63, 3.8) is 0 Å². The van der Waals surface area contributed by atoms with Crippen LogP contribution in [0.1, 0.15) is 0 Å². The lowest BCUT2D eigenvalue weighted by molar-refractivity contribution is 0.645. The number of benzene rings is 7. The molecule has 0 unspecified atom stereocenters. The molecular formula is C48H28N6O2. The molecule has 262 valence electrons. The predicted molar refractivity (Wildman–Crippen MR) is 222 cm³/mol. The van der Waals surface area contributed by atoms with E-state index in [1.807, 2.05) is 84.9 Å². The van der Waals surface area contributed by atoms with Crippen LogP contribution in [0.15, 0.2) is 179 Å². The first-order valence-electron chi connectivity index (χ1n) is 18.5. The van der Waals surface area contributed by atoms with E-state index in [1.165, 1.54) is 0 Å². The van der Waals surface area contributed by atoms with Crippen LogP contribution in [0.25, 0.3) is 112 Å². The Morgan fingerprint density at radius 1 is 0.429 bits per heavy atom. The molecule has 7 aromatic carbocycles. The van der Waals surface area contributed by atoms with E-state index >= 15 is 0 Å². The zero-order valence-electron chi connectivity index (χ0n) is 29.7. The largest absolute Gasteiger partial charge is 0.455 e. The van der Waals surface area contributed by atoms with Crippen molar-refractivity contribution in [2.45, 2.75) is 0 Å². The maximum absolute atomic E-state index is 6.47. The summed E-state index contributed by atoms with van der Waals surface area (Å²) in [6.07, 6.45) is 0. The number of aromatic nitrogens is 6. The third kappa shape index (κ3) is 4.59. The van der Waals surface area contributed by atoms with E-state index in [-0.39, 0.29) is 0 Å². The third-order valence-corrected chi connectivity index (χ3v) is 10.6. The van der Waals surface area contributed by atoms with Gasteiger partial charge in [0.15, 0.2) is 17.5 Å². The number of imidazole rings is 2. The Morgan fingerprint density at radius 2 is 1.02 bits per heavy atom. The lowest BCUT2D eigenvalue weighted by Crippen LogP contribution is -2.00. The Morgan fingerprint density at radius 3 is 1.79 bits per heavy atom. The Hall–Kier alpha value is -7.84. The van der Waals surface area contributed by atoms with Crippen LogP contribution in [-0.2, 0) is 0 Å². The van der Waals surface area contributed by atoms with E-state index < -0.39 is 0 Å². The molecule has 0 aliphatic rings. The van der Waals surface area contributed by atoms with Crippen molar-refractivity contribution < 1.29 is 8.83 Å². The van der Waals surface area contributed by atoms with Crippen molar-refractivity contribution in [2.24, 2.45) is 0 Å². The van der Waals surface area contributed by atoms with Crippen molar-refractivity contribution in [3.8, 4) is 51.0 Å². The molecule has 0 atom stereocenters. The van der Waals surface area contributed by atoms with Crippen molar-refractivity contribution in [1.82, 2.24) is 28.9 Å². The maximum atomic E-state index is 6.47. The molecule has 0 bridgehead atoms. The molecule has 12 aromatic rings. The monoisotopic (exact) mass is 720 g/mol. The van der Waals surface area contributed by atoms with Gasteiger partial charge in [-0.3, -0.25) is 4.40 Å². The van der Waals surface area contributed by atoms with Crippen LogP contribution < -0.4 is 0 Å². The van der Waals surface area contributed by atoms with Crippen LogP contribution in [0.4, 0.5) is 0 Å². The summed E-state index contributed by atoms with van der Waals surface area (Å²) in [7, 11) is 0. The van der Waals surface area contributed by atoms with Crippen molar-refractivity contribution in [3.05, 3.63) is 170 Å². The summed E-state index contributed by atoms with van der Waals surface area (Å²) in [4.78, 5) is 20.3.